The van der Waals surface area contributed by atoms with Crippen molar-refractivity contribution in [3.8, 4) is 0 Å². The number of rotatable bonds is 18. The molecule has 1 heterocycles. The van der Waals surface area contributed by atoms with E-state index in [1.807, 2.05) is 18.2 Å². The van der Waals surface area contributed by atoms with Gasteiger partial charge in [0.1, 0.15) is 5.82 Å². The maximum Gasteiger partial charge on any atom is 0.251 e. The number of benzene rings is 2. The highest BCUT2D eigenvalue weighted by atomic mass is 19.1. The van der Waals surface area contributed by atoms with E-state index in [1.165, 1.54) is 6.07 Å². The summed E-state index contributed by atoms with van der Waals surface area (Å²) in [6.07, 6.45) is 2.03. The van der Waals surface area contributed by atoms with Crippen LogP contribution in [0.3, 0.4) is 0 Å². The average Bonchev–Trinajstić information content (AvgIpc) is 2.94. The second-order valence-corrected chi connectivity index (χ2v) is 8.30. The van der Waals surface area contributed by atoms with E-state index in [0.29, 0.717) is 68.5 Å². The molecule has 1 aromatic heterocycles. The van der Waals surface area contributed by atoms with Crippen molar-refractivity contribution in [2.75, 3.05) is 62.0 Å². The van der Waals surface area contributed by atoms with Gasteiger partial charge in [0.15, 0.2) is 0 Å². The fraction of sp³-hybridized carbons (Fsp3) is 0.407. The SMILES string of the molecule is CCCCNc1nc(NCCOCCOCCNC(=O)c2ccccc2)nc(NCc2ccccc2F)n1. The van der Waals surface area contributed by atoms with Crippen molar-refractivity contribution in [3.63, 3.8) is 0 Å². The molecular formula is C27H36FN7O3. The van der Waals surface area contributed by atoms with Crippen LogP contribution in [-0.2, 0) is 16.0 Å². The highest BCUT2D eigenvalue weighted by Gasteiger charge is 2.08. The summed E-state index contributed by atoms with van der Waals surface area (Å²) in [6.45, 7) is 5.69. The van der Waals surface area contributed by atoms with Crippen LogP contribution < -0.4 is 21.3 Å². The van der Waals surface area contributed by atoms with Crippen molar-refractivity contribution in [1.82, 2.24) is 20.3 Å². The molecule has 204 valence electrons. The molecule has 0 aliphatic rings. The van der Waals surface area contributed by atoms with Gasteiger partial charge in [0.25, 0.3) is 5.91 Å². The van der Waals surface area contributed by atoms with Crippen LogP contribution in [0.2, 0.25) is 0 Å². The van der Waals surface area contributed by atoms with E-state index in [0.717, 1.165) is 19.4 Å². The van der Waals surface area contributed by atoms with Crippen LogP contribution in [0.25, 0.3) is 0 Å². The van der Waals surface area contributed by atoms with Crippen molar-refractivity contribution >= 4 is 23.8 Å². The first-order chi connectivity index (χ1) is 18.7. The summed E-state index contributed by atoms with van der Waals surface area (Å²) in [5.41, 5.74) is 1.15. The van der Waals surface area contributed by atoms with Crippen LogP contribution in [-0.4, -0.2) is 66.9 Å². The second kappa shape index (κ2) is 16.8. The Hall–Kier alpha value is -3.83. The summed E-state index contributed by atoms with van der Waals surface area (Å²) in [7, 11) is 0. The van der Waals surface area contributed by atoms with Crippen molar-refractivity contribution in [1.29, 1.82) is 0 Å². The molecule has 3 rings (SSSR count). The average molecular weight is 526 g/mol. The predicted molar refractivity (Wildman–Crippen MR) is 146 cm³/mol. The molecule has 0 saturated carbocycles. The molecular weight excluding hydrogens is 489 g/mol. The molecule has 4 N–H and O–H groups in total. The molecule has 0 radical (unpaired) electrons. The first-order valence-corrected chi connectivity index (χ1v) is 12.9. The van der Waals surface area contributed by atoms with Gasteiger partial charge >= 0.3 is 0 Å². The smallest absolute Gasteiger partial charge is 0.251 e. The van der Waals surface area contributed by atoms with Gasteiger partial charge in [-0.1, -0.05) is 49.7 Å². The van der Waals surface area contributed by atoms with Crippen molar-refractivity contribution < 1.29 is 18.7 Å². The van der Waals surface area contributed by atoms with Gasteiger partial charge in [-0.2, -0.15) is 15.0 Å². The minimum atomic E-state index is -0.285. The standard InChI is InChI=1S/C27H36FN7O3/c1-2-3-13-30-25-33-26(35-27(34-25)32-20-22-11-7-8-12-23(22)28)31-15-17-38-19-18-37-16-14-29-24(36)21-9-5-4-6-10-21/h4-12H,2-3,13-20H2,1H3,(H,29,36)(H3,30,31,32,33,34,35). The molecule has 2 aromatic carbocycles. The van der Waals surface area contributed by atoms with Crippen molar-refractivity contribution in [3.05, 3.63) is 71.5 Å². The highest BCUT2D eigenvalue weighted by molar-refractivity contribution is 5.94. The monoisotopic (exact) mass is 525 g/mol. The van der Waals surface area contributed by atoms with Crippen LogP contribution in [0.5, 0.6) is 0 Å². The zero-order valence-electron chi connectivity index (χ0n) is 21.7. The van der Waals surface area contributed by atoms with Gasteiger partial charge in [-0.15, -0.1) is 0 Å². The number of nitrogens with zero attached hydrogens (tertiary/aromatic N) is 3. The highest BCUT2D eigenvalue weighted by Crippen LogP contribution is 2.12. The van der Waals surface area contributed by atoms with Crippen molar-refractivity contribution in [2.24, 2.45) is 0 Å². The molecule has 0 atom stereocenters. The molecule has 10 nitrogen and oxygen atoms in total. The predicted octanol–water partition coefficient (Wildman–Crippen LogP) is 3.71. The van der Waals surface area contributed by atoms with E-state index in [9.17, 15) is 9.18 Å². The third-order valence-electron chi connectivity index (χ3n) is 5.31. The molecule has 11 heteroatoms. The third-order valence-corrected chi connectivity index (χ3v) is 5.31. The second-order valence-electron chi connectivity index (χ2n) is 8.30. The van der Waals surface area contributed by atoms with E-state index in [-0.39, 0.29) is 18.3 Å². The number of ether oxygens (including phenoxy) is 2. The first kappa shape index (κ1) is 28.7. The molecule has 0 aliphatic heterocycles. The molecule has 0 unspecified atom stereocenters. The Morgan fingerprint density at radius 3 is 2.05 bits per heavy atom. The number of halogens is 1. The maximum atomic E-state index is 14.0. The Kier molecular flexibility index (Phi) is 12.7. The number of hydrogen-bond acceptors (Lipinski definition) is 9. The zero-order chi connectivity index (χ0) is 26.8. The van der Waals surface area contributed by atoms with Crippen LogP contribution in [0.4, 0.5) is 22.2 Å². The molecule has 0 spiro atoms. The number of unbranched alkanes of at least 4 members (excludes halogenated alkanes) is 1. The van der Waals surface area contributed by atoms with Gasteiger partial charge in [-0.3, -0.25) is 4.79 Å². The van der Waals surface area contributed by atoms with Gasteiger partial charge in [0.2, 0.25) is 17.8 Å². The summed E-state index contributed by atoms with van der Waals surface area (Å²) in [6, 6.07) is 15.6. The van der Waals surface area contributed by atoms with Gasteiger partial charge < -0.3 is 30.7 Å². The minimum absolute atomic E-state index is 0.121. The van der Waals surface area contributed by atoms with Crippen LogP contribution >= 0.6 is 0 Å². The summed E-state index contributed by atoms with van der Waals surface area (Å²) < 4.78 is 25.0. The normalized spacial score (nSPS) is 10.7. The Labute approximate surface area is 222 Å². The van der Waals surface area contributed by atoms with E-state index < -0.39 is 0 Å². The topological polar surface area (TPSA) is 122 Å². The molecule has 0 saturated heterocycles. The van der Waals surface area contributed by atoms with Crippen LogP contribution in [0, 0.1) is 5.82 Å². The lowest BCUT2D eigenvalue weighted by Crippen LogP contribution is -2.27. The number of aromatic nitrogens is 3. The van der Waals surface area contributed by atoms with Gasteiger partial charge in [0, 0.05) is 37.3 Å². The zero-order valence-corrected chi connectivity index (χ0v) is 21.7. The fourth-order valence-corrected chi connectivity index (χ4v) is 3.29. The number of hydrogen-bond donors (Lipinski definition) is 4. The Morgan fingerprint density at radius 1 is 0.763 bits per heavy atom. The van der Waals surface area contributed by atoms with E-state index in [4.69, 9.17) is 9.47 Å². The summed E-state index contributed by atoms with van der Waals surface area (Å²) in [4.78, 5) is 25.1. The third kappa shape index (κ3) is 10.7. The quantitative estimate of drug-likeness (QED) is 0.184. The Morgan fingerprint density at radius 2 is 1.37 bits per heavy atom. The molecule has 0 aliphatic carbocycles. The fourth-order valence-electron chi connectivity index (χ4n) is 3.29. The molecule has 38 heavy (non-hydrogen) atoms. The molecule has 0 fully saturated rings. The Bertz CT molecular complexity index is 1110. The van der Waals surface area contributed by atoms with Gasteiger partial charge in [0.05, 0.1) is 26.4 Å². The lowest BCUT2D eigenvalue weighted by molar-refractivity contribution is 0.0519. The van der Waals surface area contributed by atoms with E-state index in [1.54, 1.807) is 30.3 Å². The molecule has 1 amide bonds. The maximum absolute atomic E-state index is 14.0. The largest absolute Gasteiger partial charge is 0.377 e. The number of carbonyl (C=O) groups excluding carboxylic acids is 1. The number of carbonyl (C=O) groups is 1. The molecule has 0 bridgehead atoms. The van der Waals surface area contributed by atoms with Crippen LogP contribution in [0.1, 0.15) is 35.7 Å². The summed E-state index contributed by atoms with van der Waals surface area (Å²) >= 11 is 0. The van der Waals surface area contributed by atoms with E-state index in [2.05, 4.69) is 43.1 Å². The number of anilines is 3. The lowest BCUT2D eigenvalue weighted by atomic mass is 10.2. The molecule has 3 aromatic rings. The summed E-state index contributed by atoms with van der Waals surface area (Å²) in [5.74, 6) is 0.777. The van der Waals surface area contributed by atoms with Crippen molar-refractivity contribution in [2.45, 2.75) is 26.3 Å². The summed E-state index contributed by atoms with van der Waals surface area (Å²) in [5, 5.41) is 12.2. The number of amides is 1. The van der Waals surface area contributed by atoms with Gasteiger partial charge in [-0.25, -0.2) is 4.39 Å². The minimum Gasteiger partial charge on any atom is -0.377 e. The van der Waals surface area contributed by atoms with Crippen LogP contribution in [0.15, 0.2) is 54.6 Å². The Balaban J connectivity index is 1.34. The lowest BCUT2D eigenvalue weighted by Gasteiger charge is -2.12. The van der Waals surface area contributed by atoms with E-state index >= 15 is 0 Å². The van der Waals surface area contributed by atoms with Gasteiger partial charge in [-0.05, 0) is 24.6 Å². The number of nitrogens with one attached hydrogen (secondary N) is 4. The first-order valence-electron chi connectivity index (χ1n) is 12.9.